The van der Waals surface area contributed by atoms with Crippen LogP contribution < -0.4 is 5.32 Å². The molecule has 1 aliphatic rings. The summed E-state index contributed by atoms with van der Waals surface area (Å²) in [7, 11) is 0. The zero-order valence-electron chi connectivity index (χ0n) is 11.2. The molecule has 22 heavy (non-hydrogen) atoms. The Morgan fingerprint density at radius 2 is 1.82 bits per heavy atom. The number of aromatic nitrogens is 4. The van der Waals surface area contributed by atoms with E-state index >= 15 is 0 Å². The maximum Gasteiger partial charge on any atom is 0.326 e. The van der Waals surface area contributed by atoms with E-state index in [-0.39, 0.29) is 39.5 Å². The van der Waals surface area contributed by atoms with Gasteiger partial charge in [0, 0.05) is 13.2 Å². The smallest absolute Gasteiger partial charge is 0.326 e. The van der Waals surface area contributed by atoms with Crippen molar-refractivity contribution in [2.75, 3.05) is 18.5 Å². The number of nitro benzene ring substituents is 1. The number of anilines is 1. The molecule has 1 atom stereocenters. The number of rotatable bonds is 4. The highest BCUT2D eigenvalue weighted by Gasteiger charge is 2.30. The van der Waals surface area contributed by atoms with Crippen LogP contribution in [0.15, 0.2) is 9.26 Å². The summed E-state index contributed by atoms with van der Waals surface area (Å²) in [5, 5.41) is 29.1. The predicted molar refractivity (Wildman–Crippen MR) is 71.3 cm³/mol. The van der Waals surface area contributed by atoms with Gasteiger partial charge in [0.15, 0.2) is 16.6 Å². The number of hydrogen-bond donors (Lipinski definition) is 1. The molecule has 3 heterocycles. The summed E-state index contributed by atoms with van der Waals surface area (Å²) in [5.41, 5.74) is 0.538. The highest BCUT2D eigenvalue weighted by atomic mass is 16.6. The quantitative estimate of drug-likeness (QED) is 0.552. The van der Waals surface area contributed by atoms with Gasteiger partial charge in [-0.05, 0) is 33.5 Å². The molecule has 0 amide bonds. The molecule has 0 bridgehead atoms. The summed E-state index contributed by atoms with van der Waals surface area (Å²) >= 11 is 0. The summed E-state index contributed by atoms with van der Waals surface area (Å²) in [4.78, 5) is 10.9. The number of ether oxygens (including phenoxy) is 1. The number of nitrogens with zero attached hydrogens (tertiary/aromatic N) is 5. The highest BCUT2D eigenvalue weighted by molar-refractivity contribution is 6.11. The van der Waals surface area contributed by atoms with Gasteiger partial charge in [0.25, 0.3) is 0 Å². The SMILES string of the molecule is O=[N+]([O-])c1c(NCC2CCCO2)c2nonc2c2nonc12. The van der Waals surface area contributed by atoms with Crippen LogP contribution in [0.5, 0.6) is 0 Å². The van der Waals surface area contributed by atoms with Crippen molar-refractivity contribution >= 4 is 33.4 Å². The third-order valence-corrected chi connectivity index (χ3v) is 3.61. The van der Waals surface area contributed by atoms with Gasteiger partial charge in [0.05, 0.1) is 11.0 Å². The summed E-state index contributed by atoms with van der Waals surface area (Å²) in [6.07, 6.45) is 1.87. The van der Waals surface area contributed by atoms with Crippen molar-refractivity contribution in [1.29, 1.82) is 0 Å². The molecule has 1 N–H and O–H groups in total. The van der Waals surface area contributed by atoms with Gasteiger partial charge in [-0.2, -0.15) is 0 Å². The third kappa shape index (κ3) is 1.86. The average Bonchev–Trinajstić information content (AvgIpc) is 3.22. The minimum atomic E-state index is -0.557. The maximum atomic E-state index is 11.4. The molecule has 4 rings (SSSR count). The van der Waals surface area contributed by atoms with Crippen molar-refractivity contribution in [2.24, 2.45) is 0 Å². The van der Waals surface area contributed by atoms with Crippen LogP contribution in [-0.2, 0) is 4.74 Å². The molecule has 0 saturated carbocycles. The van der Waals surface area contributed by atoms with E-state index in [4.69, 9.17) is 4.74 Å². The van der Waals surface area contributed by atoms with E-state index in [1.807, 2.05) is 0 Å². The third-order valence-electron chi connectivity index (χ3n) is 3.61. The Hall–Kier alpha value is -2.82. The molecule has 0 spiro atoms. The second kappa shape index (κ2) is 4.87. The molecule has 1 unspecified atom stereocenters. The van der Waals surface area contributed by atoms with E-state index in [2.05, 4.69) is 35.2 Å². The average molecular weight is 306 g/mol. The first-order chi connectivity index (χ1) is 10.8. The molecular weight excluding hydrogens is 296 g/mol. The fourth-order valence-electron chi connectivity index (χ4n) is 2.60. The van der Waals surface area contributed by atoms with Gasteiger partial charge in [-0.15, -0.1) is 0 Å². The molecule has 2 aromatic heterocycles. The van der Waals surface area contributed by atoms with Gasteiger partial charge in [-0.3, -0.25) is 10.1 Å². The second-order valence-electron chi connectivity index (χ2n) is 4.92. The molecule has 0 radical (unpaired) electrons. The lowest BCUT2D eigenvalue weighted by atomic mass is 10.1. The van der Waals surface area contributed by atoms with E-state index < -0.39 is 4.92 Å². The van der Waals surface area contributed by atoms with Crippen LogP contribution in [0.1, 0.15) is 12.8 Å². The van der Waals surface area contributed by atoms with Crippen molar-refractivity contribution in [1.82, 2.24) is 20.6 Å². The van der Waals surface area contributed by atoms with E-state index in [0.717, 1.165) is 12.8 Å². The molecular formula is C11H10N6O5. The fourth-order valence-corrected chi connectivity index (χ4v) is 2.60. The zero-order chi connectivity index (χ0) is 15.1. The monoisotopic (exact) mass is 306 g/mol. The van der Waals surface area contributed by atoms with E-state index in [9.17, 15) is 10.1 Å². The van der Waals surface area contributed by atoms with Crippen LogP contribution in [0.25, 0.3) is 22.1 Å². The van der Waals surface area contributed by atoms with Gasteiger partial charge in [-0.25, -0.2) is 9.26 Å². The first kappa shape index (κ1) is 12.9. The van der Waals surface area contributed by atoms with E-state index in [1.54, 1.807) is 0 Å². The molecule has 1 aromatic carbocycles. The molecule has 114 valence electrons. The van der Waals surface area contributed by atoms with Gasteiger partial charge in [0.2, 0.25) is 5.52 Å². The minimum absolute atomic E-state index is 0.000597. The predicted octanol–water partition coefficient (Wildman–Crippen LogP) is 1.26. The first-order valence-corrected chi connectivity index (χ1v) is 6.66. The Kier molecular flexibility index (Phi) is 2.85. The fraction of sp³-hybridized carbons (Fsp3) is 0.455. The molecule has 1 fully saturated rings. The maximum absolute atomic E-state index is 11.4. The Morgan fingerprint density at radius 1 is 1.14 bits per heavy atom. The molecule has 0 aliphatic carbocycles. The van der Waals surface area contributed by atoms with Crippen LogP contribution in [0.3, 0.4) is 0 Å². The van der Waals surface area contributed by atoms with Crippen LogP contribution in [0, 0.1) is 10.1 Å². The Labute approximate surface area is 121 Å². The van der Waals surface area contributed by atoms with Gasteiger partial charge in [-0.1, -0.05) is 0 Å². The van der Waals surface area contributed by atoms with Crippen molar-refractivity contribution in [3.05, 3.63) is 10.1 Å². The molecule has 11 nitrogen and oxygen atoms in total. The summed E-state index contributed by atoms with van der Waals surface area (Å²) < 4.78 is 14.8. The van der Waals surface area contributed by atoms with Crippen molar-refractivity contribution in [3.8, 4) is 0 Å². The first-order valence-electron chi connectivity index (χ1n) is 6.66. The molecule has 1 saturated heterocycles. The zero-order valence-corrected chi connectivity index (χ0v) is 11.2. The van der Waals surface area contributed by atoms with Gasteiger partial charge in [0.1, 0.15) is 5.69 Å². The Balaban J connectivity index is 1.86. The normalized spacial score (nSPS) is 18.3. The molecule has 11 heteroatoms. The largest absolute Gasteiger partial charge is 0.376 e. The van der Waals surface area contributed by atoms with Gasteiger partial charge >= 0.3 is 5.69 Å². The van der Waals surface area contributed by atoms with Crippen LogP contribution in [-0.4, -0.2) is 44.8 Å². The van der Waals surface area contributed by atoms with Crippen LogP contribution in [0.2, 0.25) is 0 Å². The number of nitro groups is 1. The van der Waals surface area contributed by atoms with E-state index in [1.165, 1.54) is 0 Å². The summed E-state index contributed by atoms with van der Waals surface area (Å²) in [6.45, 7) is 1.11. The Bertz CT molecular complexity index is 851. The lowest BCUT2D eigenvalue weighted by Gasteiger charge is -2.11. The lowest BCUT2D eigenvalue weighted by Crippen LogP contribution is -2.19. The standard InChI is InChI=1S/C11H10N6O5/c18-17(19)11-9(12-4-5-2-1-3-20-5)7-6(13-21-14-7)8-10(11)16-22-15-8/h5,12H,1-4H2. The highest BCUT2D eigenvalue weighted by Crippen LogP contribution is 2.38. The lowest BCUT2D eigenvalue weighted by molar-refractivity contribution is -0.382. The van der Waals surface area contributed by atoms with E-state index in [0.29, 0.717) is 13.2 Å². The number of benzene rings is 1. The molecule has 1 aliphatic heterocycles. The number of fused-ring (bicyclic) bond motifs is 3. The second-order valence-corrected chi connectivity index (χ2v) is 4.92. The summed E-state index contributed by atoms with van der Waals surface area (Å²) in [6, 6.07) is 0. The molecule has 3 aromatic rings. The minimum Gasteiger partial charge on any atom is -0.376 e. The van der Waals surface area contributed by atoms with Gasteiger partial charge < -0.3 is 10.1 Å². The van der Waals surface area contributed by atoms with Crippen molar-refractivity contribution < 1.29 is 18.9 Å². The number of hydrogen-bond acceptors (Lipinski definition) is 10. The van der Waals surface area contributed by atoms with Crippen LogP contribution >= 0.6 is 0 Å². The van der Waals surface area contributed by atoms with Crippen LogP contribution in [0.4, 0.5) is 11.4 Å². The topological polar surface area (TPSA) is 142 Å². The van der Waals surface area contributed by atoms with Crippen molar-refractivity contribution in [2.45, 2.75) is 18.9 Å². The Morgan fingerprint density at radius 3 is 2.50 bits per heavy atom. The number of nitrogens with one attached hydrogen (secondary N) is 1. The summed E-state index contributed by atoms with van der Waals surface area (Å²) in [5.74, 6) is 0. The van der Waals surface area contributed by atoms with Crippen molar-refractivity contribution in [3.63, 3.8) is 0 Å².